The van der Waals surface area contributed by atoms with E-state index in [0.717, 1.165) is 8.58 Å². The smallest absolute Gasteiger partial charge is 0.251 e. The third kappa shape index (κ3) is 3.21. The number of halogens is 2. The molecule has 1 unspecified atom stereocenters. The van der Waals surface area contributed by atoms with E-state index in [9.17, 15) is 4.79 Å². The fourth-order valence-electron chi connectivity index (χ4n) is 1.43. The van der Waals surface area contributed by atoms with Crippen molar-refractivity contribution < 1.29 is 4.79 Å². The lowest BCUT2D eigenvalue weighted by Crippen LogP contribution is -2.26. The molecule has 1 aromatic carbocycles. The van der Waals surface area contributed by atoms with Crippen LogP contribution in [0.4, 0.5) is 0 Å². The Morgan fingerprint density at radius 2 is 2.33 bits per heavy atom. The minimum absolute atomic E-state index is 0.101. The zero-order chi connectivity index (χ0) is 13.1. The van der Waals surface area contributed by atoms with Gasteiger partial charge in [-0.05, 0) is 47.7 Å². The van der Waals surface area contributed by atoms with E-state index in [1.807, 2.05) is 18.4 Å². The molecule has 0 saturated carbocycles. The maximum Gasteiger partial charge on any atom is 0.251 e. The summed E-state index contributed by atoms with van der Waals surface area (Å²) in [4.78, 5) is 16.2. The summed E-state index contributed by atoms with van der Waals surface area (Å²) in [6.07, 6.45) is 1.73. The number of aromatic nitrogens is 1. The number of thiazole rings is 1. The summed E-state index contributed by atoms with van der Waals surface area (Å²) < 4.78 is 0.929. The highest BCUT2D eigenvalue weighted by molar-refractivity contribution is 14.1. The van der Waals surface area contributed by atoms with E-state index < -0.39 is 0 Å². The van der Waals surface area contributed by atoms with E-state index in [1.54, 1.807) is 18.3 Å². The van der Waals surface area contributed by atoms with E-state index in [-0.39, 0.29) is 11.9 Å². The Kier molecular flexibility index (Phi) is 4.58. The number of carbonyl (C=O) groups excluding carboxylic acids is 1. The molecule has 3 nitrogen and oxygen atoms in total. The van der Waals surface area contributed by atoms with Gasteiger partial charge in [-0.3, -0.25) is 4.79 Å². The lowest BCUT2D eigenvalue weighted by molar-refractivity contribution is 0.0940. The van der Waals surface area contributed by atoms with Crippen LogP contribution in [0.25, 0.3) is 0 Å². The fraction of sp³-hybridized carbons (Fsp3) is 0.167. The van der Waals surface area contributed by atoms with Crippen molar-refractivity contribution in [2.75, 3.05) is 0 Å². The summed E-state index contributed by atoms with van der Waals surface area (Å²) in [7, 11) is 0. The second-order valence-corrected chi connectivity index (χ2v) is 6.19. The van der Waals surface area contributed by atoms with Gasteiger partial charge in [0.2, 0.25) is 0 Å². The predicted octanol–water partition coefficient (Wildman–Crippen LogP) is 3.89. The molecule has 6 heteroatoms. The van der Waals surface area contributed by atoms with Gasteiger partial charge in [-0.15, -0.1) is 11.3 Å². The number of hydrogen-bond donors (Lipinski definition) is 1. The third-order valence-electron chi connectivity index (χ3n) is 2.35. The summed E-state index contributed by atoms with van der Waals surface area (Å²) in [6.45, 7) is 1.91. The van der Waals surface area contributed by atoms with Crippen LogP contribution in [0.1, 0.15) is 28.3 Å². The first kappa shape index (κ1) is 13.8. The Morgan fingerprint density at radius 1 is 1.56 bits per heavy atom. The molecule has 1 N–H and O–H groups in total. The Labute approximate surface area is 128 Å². The second-order valence-electron chi connectivity index (χ2n) is 3.69. The van der Waals surface area contributed by atoms with E-state index in [4.69, 9.17) is 11.6 Å². The van der Waals surface area contributed by atoms with Crippen molar-refractivity contribution >= 4 is 51.4 Å². The Balaban J connectivity index is 2.10. The average molecular weight is 393 g/mol. The fourth-order valence-corrected chi connectivity index (χ4v) is 2.59. The summed E-state index contributed by atoms with van der Waals surface area (Å²) in [5.74, 6) is -0.143. The van der Waals surface area contributed by atoms with Crippen molar-refractivity contribution in [1.29, 1.82) is 0 Å². The van der Waals surface area contributed by atoms with Crippen molar-refractivity contribution in [2.45, 2.75) is 13.0 Å². The third-order valence-corrected chi connectivity index (χ3v) is 4.88. The van der Waals surface area contributed by atoms with Gasteiger partial charge in [-0.2, -0.15) is 0 Å². The Hall–Kier alpha value is -0.660. The molecule has 0 aliphatic heterocycles. The van der Waals surface area contributed by atoms with Crippen LogP contribution in [-0.4, -0.2) is 10.9 Å². The van der Waals surface area contributed by atoms with Gasteiger partial charge in [0.15, 0.2) is 0 Å². The molecule has 1 aromatic heterocycles. The SMILES string of the molecule is CC(NC(=O)c1ccc(I)c(Cl)c1)c1nccs1. The first-order valence-electron chi connectivity index (χ1n) is 5.23. The van der Waals surface area contributed by atoms with Gasteiger partial charge in [0.05, 0.1) is 11.1 Å². The molecule has 18 heavy (non-hydrogen) atoms. The van der Waals surface area contributed by atoms with Gasteiger partial charge in [-0.1, -0.05) is 11.6 Å². The molecular weight excluding hydrogens is 383 g/mol. The Morgan fingerprint density at radius 3 is 2.94 bits per heavy atom. The highest BCUT2D eigenvalue weighted by Gasteiger charge is 2.13. The van der Waals surface area contributed by atoms with Crippen LogP contribution in [0.3, 0.4) is 0 Å². The normalized spacial score (nSPS) is 12.2. The number of amides is 1. The van der Waals surface area contributed by atoms with E-state index >= 15 is 0 Å². The first-order valence-corrected chi connectivity index (χ1v) is 7.57. The molecule has 0 saturated heterocycles. The molecule has 0 aliphatic carbocycles. The van der Waals surface area contributed by atoms with Crippen molar-refractivity contribution in [3.05, 3.63) is 48.9 Å². The first-order chi connectivity index (χ1) is 8.58. The molecule has 2 aromatic rings. The summed E-state index contributed by atoms with van der Waals surface area (Å²) in [5.41, 5.74) is 0.559. The highest BCUT2D eigenvalue weighted by atomic mass is 127. The lowest BCUT2D eigenvalue weighted by atomic mass is 10.2. The number of benzene rings is 1. The molecule has 0 spiro atoms. The standard InChI is InChI=1S/C12H10ClIN2OS/c1-7(12-15-4-5-18-12)16-11(17)8-2-3-10(14)9(13)6-8/h2-7H,1H3,(H,16,17). The minimum atomic E-state index is -0.143. The summed E-state index contributed by atoms with van der Waals surface area (Å²) in [6, 6.07) is 5.16. The zero-order valence-corrected chi connectivity index (χ0v) is 13.2. The number of carbonyl (C=O) groups is 1. The average Bonchev–Trinajstić information content (AvgIpc) is 2.86. The minimum Gasteiger partial charge on any atom is -0.343 e. The molecule has 0 radical (unpaired) electrons. The van der Waals surface area contributed by atoms with Crippen molar-refractivity contribution in [2.24, 2.45) is 0 Å². The maximum absolute atomic E-state index is 12.0. The van der Waals surface area contributed by atoms with Crippen LogP contribution >= 0.6 is 45.5 Å². The van der Waals surface area contributed by atoms with E-state index in [0.29, 0.717) is 10.6 Å². The summed E-state index contributed by atoms with van der Waals surface area (Å²) >= 11 is 9.64. The van der Waals surface area contributed by atoms with E-state index in [1.165, 1.54) is 11.3 Å². The van der Waals surface area contributed by atoms with Crippen LogP contribution in [0.15, 0.2) is 29.8 Å². The molecule has 1 heterocycles. The molecule has 2 rings (SSSR count). The number of nitrogens with zero attached hydrogens (tertiary/aromatic N) is 1. The second kappa shape index (κ2) is 5.99. The van der Waals surface area contributed by atoms with E-state index in [2.05, 4.69) is 32.9 Å². The zero-order valence-electron chi connectivity index (χ0n) is 9.48. The topological polar surface area (TPSA) is 42.0 Å². The predicted molar refractivity (Wildman–Crippen MR) is 82.2 cm³/mol. The molecule has 1 amide bonds. The molecule has 0 bridgehead atoms. The molecule has 1 atom stereocenters. The van der Waals surface area contributed by atoms with Gasteiger partial charge in [0, 0.05) is 20.7 Å². The largest absolute Gasteiger partial charge is 0.343 e. The van der Waals surface area contributed by atoms with Crippen molar-refractivity contribution in [3.8, 4) is 0 Å². The Bertz CT molecular complexity index is 559. The highest BCUT2D eigenvalue weighted by Crippen LogP contribution is 2.20. The molecule has 0 aliphatic rings. The van der Waals surface area contributed by atoms with Crippen molar-refractivity contribution in [3.63, 3.8) is 0 Å². The van der Waals surface area contributed by atoms with Gasteiger partial charge in [0.25, 0.3) is 5.91 Å². The van der Waals surface area contributed by atoms with Gasteiger partial charge >= 0.3 is 0 Å². The number of nitrogens with one attached hydrogen (secondary N) is 1. The molecule has 94 valence electrons. The molecular formula is C12H10ClIN2OS. The van der Waals surface area contributed by atoms with Gasteiger partial charge in [-0.25, -0.2) is 4.98 Å². The van der Waals surface area contributed by atoms with Crippen LogP contribution in [0, 0.1) is 3.57 Å². The quantitative estimate of drug-likeness (QED) is 0.805. The number of rotatable bonds is 3. The monoisotopic (exact) mass is 392 g/mol. The van der Waals surface area contributed by atoms with Crippen LogP contribution in [0.2, 0.25) is 5.02 Å². The van der Waals surface area contributed by atoms with Crippen LogP contribution in [-0.2, 0) is 0 Å². The van der Waals surface area contributed by atoms with Crippen LogP contribution < -0.4 is 5.32 Å². The summed E-state index contributed by atoms with van der Waals surface area (Å²) in [5, 5.41) is 6.26. The number of hydrogen-bond acceptors (Lipinski definition) is 3. The molecule has 0 fully saturated rings. The van der Waals surface area contributed by atoms with Gasteiger partial charge in [0.1, 0.15) is 5.01 Å². The van der Waals surface area contributed by atoms with Gasteiger partial charge < -0.3 is 5.32 Å². The maximum atomic E-state index is 12.0. The van der Waals surface area contributed by atoms with Crippen molar-refractivity contribution in [1.82, 2.24) is 10.3 Å². The van der Waals surface area contributed by atoms with Crippen LogP contribution in [0.5, 0.6) is 0 Å². The lowest BCUT2D eigenvalue weighted by Gasteiger charge is -2.11.